The van der Waals surface area contributed by atoms with E-state index in [9.17, 15) is 4.79 Å². The fraction of sp³-hybridized carbons (Fsp3) is 0.529. The van der Waals surface area contributed by atoms with Crippen LogP contribution in [0.4, 0.5) is 0 Å². The summed E-state index contributed by atoms with van der Waals surface area (Å²) >= 11 is 5.06. The Morgan fingerprint density at radius 2 is 1.76 bits per heavy atom. The number of thiocarbonyl (C=S) groups is 1. The Labute approximate surface area is 131 Å². The molecule has 4 heteroatoms. The number of piperidine rings is 1. The van der Waals surface area contributed by atoms with E-state index >= 15 is 0 Å². The van der Waals surface area contributed by atoms with E-state index in [2.05, 4.69) is 24.3 Å². The first-order valence-corrected chi connectivity index (χ1v) is 8.21. The Hall–Kier alpha value is -1.42. The van der Waals surface area contributed by atoms with Gasteiger partial charge in [0.05, 0.1) is 4.99 Å². The summed E-state index contributed by atoms with van der Waals surface area (Å²) < 4.78 is 0. The second kappa shape index (κ2) is 6.14. The second-order valence-electron chi connectivity index (χ2n) is 6.21. The highest BCUT2D eigenvalue weighted by atomic mass is 32.1. The van der Waals surface area contributed by atoms with Crippen molar-refractivity contribution in [2.24, 2.45) is 17.6 Å². The molecule has 1 heterocycles. The van der Waals surface area contributed by atoms with Crippen molar-refractivity contribution in [3.8, 4) is 0 Å². The van der Waals surface area contributed by atoms with Crippen LogP contribution in [-0.4, -0.2) is 28.9 Å². The fourth-order valence-electron chi connectivity index (χ4n) is 3.55. The first-order chi connectivity index (χ1) is 10.1. The minimum absolute atomic E-state index is 0.154. The maximum atomic E-state index is 12.7. The average molecular weight is 302 g/mol. The highest BCUT2D eigenvalue weighted by Crippen LogP contribution is 2.28. The van der Waals surface area contributed by atoms with Gasteiger partial charge in [0.25, 0.3) is 0 Å². The number of rotatable bonds is 2. The Kier molecular flexibility index (Phi) is 4.24. The van der Waals surface area contributed by atoms with E-state index in [0.717, 1.165) is 45.2 Å². The van der Waals surface area contributed by atoms with E-state index in [1.165, 1.54) is 11.1 Å². The number of hydrogen-bond donors (Lipinski definition) is 1. The van der Waals surface area contributed by atoms with Crippen molar-refractivity contribution in [2.75, 3.05) is 13.1 Å². The van der Waals surface area contributed by atoms with Crippen molar-refractivity contribution in [1.29, 1.82) is 0 Å². The number of nitrogens with zero attached hydrogens (tertiary/aromatic N) is 1. The molecule has 1 aliphatic carbocycles. The zero-order valence-electron chi connectivity index (χ0n) is 12.3. The van der Waals surface area contributed by atoms with Gasteiger partial charge in [-0.2, -0.15) is 0 Å². The van der Waals surface area contributed by atoms with Crippen molar-refractivity contribution < 1.29 is 4.79 Å². The maximum absolute atomic E-state index is 12.7. The summed E-state index contributed by atoms with van der Waals surface area (Å²) in [5.74, 6) is 0.795. The Balaban J connectivity index is 1.61. The van der Waals surface area contributed by atoms with Gasteiger partial charge in [0.15, 0.2) is 0 Å². The van der Waals surface area contributed by atoms with Gasteiger partial charge in [-0.3, -0.25) is 4.79 Å². The summed E-state index contributed by atoms with van der Waals surface area (Å²) in [5.41, 5.74) is 8.47. The molecular formula is C17H22N2OS. The highest BCUT2D eigenvalue weighted by Gasteiger charge is 2.31. The van der Waals surface area contributed by atoms with E-state index in [-0.39, 0.29) is 5.92 Å². The predicted molar refractivity (Wildman–Crippen MR) is 88.0 cm³/mol. The van der Waals surface area contributed by atoms with Crippen LogP contribution in [0.3, 0.4) is 0 Å². The standard InChI is InChI=1S/C17H22N2OS/c18-16(21)13-7-9-19(10-8-13)17(20)15-6-5-12-3-1-2-4-14(12)11-15/h1-4,13,15H,5-11H2,(H2,18,21). The van der Waals surface area contributed by atoms with Gasteiger partial charge in [0, 0.05) is 24.9 Å². The number of amides is 1. The van der Waals surface area contributed by atoms with Crippen LogP contribution in [-0.2, 0) is 17.6 Å². The first kappa shape index (κ1) is 14.5. The van der Waals surface area contributed by atoms with E-state index in [1.807, 2.05) is 4.90 Å². The molecule has 1 unspecified atom stereocenters. The molecule has 1 aliphatic heterocycles. The van der Waals surface area contributed by atoms with Crippen molar-refractivity contribution >= 4 is 23.1 Å². The topological polar surface area (TPSA) is 46.3 Å². The van der Waals surface area contributed by atoms with Gasteiger partial charge < -0.3 is 10.6 Å². The van der Waals surface area contributed by atoms with E-state index in [1.54, 1.807) is 0 Å². The van der Waals surface area contributed by atoms with Crippen LogP contribution < -0.4 is 5.73 Å². The summed E-state index contributed by atoms with van der Waals surface area (Å²) in [6.07, 6.45) is 4.74. The second-order valence-corrected chi connectivity index (χ2v) is 6.68. The number of benzene rings is 1. The molecule has 3 nitrogen and oxygen atoms in total. The van der Waals surface area contributed by atoms with Gasteiger partial charge in [0.1, 0.15) is 0 Å². The minimum atomic E-state index is 0.154. The lowest BCUT2D eigenvalue weighted by molar-refractivity contribution is -0.137. The average Bonchev–Trinajstić information content (AvgIpc) is 2.54. The number of nitrogens with two attached hydrogens (primary N) is 1. The van der Waals surface area contributed by atoms with Gasteiger partial charge in [-0.25, -0.2) is 0 Å². The predicted octanol–water partition coefficient (Wildman–Crippen LogP) is 2.32. The largest absolute Gasteiger partial charge is 0.393 e. The normalized spacial score (nSPS) is 22.7. The van der Waals surface area contributed by atoms with E-state index < -0.39 is 0 Å². The molecule has 1 aromatic carbocycles. The molecule has 2 aliphatic rings. The Bertz CT molecular complexity index is 549. The third-order valence-electron chi connectivity index (χ3n) is 4.91. The first-order valence-electron chi connectivity index (χ1n) is 7.80. The molecule has 0 bridgehead atoms. The zero-order chi connectivity index (χ0) is 14.8. The van der Waals surface area contributed by atoms with Gasteiger partial charge in [-0.15, -0.1) is 0 Å². The van der Waals surface area contributed by atoms with Crippen LogP contribution >= 0.6 is 12.2 Å². The van der Waals surface area contributed by atoms with Crippen LogP contribution in [0, 0.1) is 11.8 Å². The molecule has 21 heavy (non-hydrogen) atoms. The van der Waals surface area contributed by atoms with Crippen molar-refractivity contribution in [1.82, 2.24) is 4.90 Å². The lowest BCUT2D eigenvalue weighted by Gasteiger charge is -2.35. The lowest BCUT2D eigenvalue weighted by atomic mass is 9.82. The van der Waals surface area contributed by atoms with Crippen LogP contribution in [0.2, 0.25) is 0 Å². The molecule has 112 valence electrons. The summed E-state index contributed by atoms with van der Waals surface area (Å²) in [6, 6.07) is 8.50. The number of aryl methyl sites for hydroxylation is 1. The molecule has 1 amide bonds. The number of likely N-dealkylation sites (tertiary alicyclic amines) is 1. The molecule has 2 N–H and O–H groups in total. The van der Waals surface area contributed by atoms with Crippen molar-refractivity contribution in [3.05, 3.63) is 35.4 Å². The van der Waals surface area contributed by atoms with Crippen molar-refractivity contribution in [3.63, 3.8) is 0 Å². The third-order valence-corrected chi connectivity index (χ3v) is 5.24. The molecule has 3 rings (SSSR count). The maximum Gasteiger partial charge on any atom is 0.226 e. The summed E-state index contributed by atoms with van der Waals surface area (Å²) in [7, 11) is 0. The number of carbonyl (C=O) groups is 1. The third kappa shape index (κ3) is 3.10. The van der Waals surface area contributed by atoms with Crippen LogP contribution in [0.15, 0.2) is 24.3 Å². The van der Waals surface area contributed by atoms with E-state index in [4.69, 9.17) is 18.0 Å². The smallest absolute Gasteiger partial charge is 0.226 e. The molecular weight excluding hydrogens is 280 g/mol. The molecule has 1 atom stereocenters. The monoisotopic (exact) mass is 302 g/mol. The molecule has 1 aromatic rings. The molecule has 0 spiro atoms. The highest BCUT2D eigenvalue weighted by molar-refractivity contribution is 7.80. The molecule has 1 saturated heterocycles. The molecule has 1 fully saturated rings. The lowest BCUT2D eigenvalue weighted by Crippen LogP contribution is -2.44. The summed E-state index contributed by atoms with van der Waals surface area (Å²) in [4.78, 5) is 15.3. The number of hydrogen-bond acceptors (Lipinski definition) is 2. The number of fused-ring (bicyclic) bond motifs is 1. The number of carbonyl (C=O) groups excluding carboxylic acids is 1. The van der Waals surface area contributed by atoms with Gasteiger partial charge in [-0.1, -0.05) is 36.5 Å². The zero-order valence-corrected chi connectivity index (χ0v) is 13.1. The molecule has 0 aromatic heterocycles. The summed E-state index contributed by atoms with van der Waals surface area (Å²) in [5, 5.41) is 0. The van der Waals surface area contributed by atoms with Gasteiger partial charge in [0.2, 0.25) is 5.91 Å². The Morgan fingerprint density at radius 1 is 1.10 bits per heavy atom. The Morgan fingerprint density at radius 3 is 2.43 bits per heavy atom. The summed E-state index contributed by atoms with van der Waals surface area (Å²) in [6.45, 7) is 1.61. The molecule has 0 saturated carbocycles. The SMILES string of the molecule is NC(=S)C1CCN(C(=O)C2CCc3ccccc3C2)CC1. The fourth-order valence-corrected chi connectivity index (χ4v) is 3.79. The van der Waals surface area contributed by atoms with Crippen LogP contribution in [0.1, 0.15) is 30.4 Å². The minimum Gasteiger partial charge on any atom is -0.393 e. The quantitative estimate of drug-likeness (QED) is 0.853. The van der Waals surface area contributed by atoms with Crippen molar-refractivity contribution in [2.45, 2.75) is 32.1 Å². The van der Waals surface area contributed by atoms with Gasteiger partial charge in [-0.05, 0) is 43.2 Å². The van der Waals surface area contributed by atoms with Gasteiger partial charge >= 0.3 is 0 Å². The van der Waals surface area contributed by atoms with E-state index in [0.29, 0.717) is 16.8 Å². The van der Waals surface area contributed by atoms with Crippen LogP contribution in [0.25, 0.3) is 0 Å². The molecule has 0 radical (unpaired) electrons. The van der Waals surface area contributed by atoms with Crippen LogP contribution in [0.5, 0.6) is 0 Å².